The van der Waals surface area contributed by atoms with E-state index in [4.69, 9.17) is 16.3 Å². The van der Waals surface area contributed by atoms with Crippen LogP contribution in [0.4, 0.5) is 11.4 Å². The highest BCUT2D eigenvalue weighted by atomic mass is 35.5. The van der Waals surface area contributed by atoms with E-state index in [-0.39, 0.29) is 18.4 Å². The van der Waals surface area contributed by atoms with E-state index in [1.165, 1.54) is 0 Å². The predicted molar refractivity (Wildman–Crippen MR) is 111 cm³/mol. The summed E-state index contributed by atoms with van der Waals surface area (Å²) in [6.45, 7) is 6.49. The van der Waals surface area contributed by atoms with Gasteiger partial charge >= 0.3 is 0 Å². The summed E-state index contributed by atoms with van der Waals surface area (Å²) in [7, 11) is 0. The molecule has 6 nitrogen and oxygen atoms in total. The van der Waals surface area contributed by atoms with Crippen molar-refractivity contribution in [1.82, 2.24) is 4.90 Å². The van der Waals surface area contributed by atoms with Crippen LogP contribution in [0.1, 0.15) is 12.5 Å². The van der Waals surface area contributed by atoms with Crippen molar-refractivity contribution in [2.75, 3.05) is 43.0 Å². The second-order valence-corrected chi connectivity index (χ2v) is 7.20. The van der Waals surface area contributed by atoms with Gasteiger partial charge in [0.2, 0.25) is 5.91 Å². The molecule has 1 N–H and O–H groups in total. The number of hydrogen-bond acceptors (Lipinski definition) is 4. The van der Waals surface area contributed by atoms with Gasteiger partial charge in [-0.2, -0.15) is 0 Å². The quantitative estimate of drug-likeness (QED) is 0.834. The lowest BCUT2D eigenvalue weighted by Crippen LogP contribution is -2.48. The summed E-state index contributed by atoms with van der Waals surface area (Å²) in [6.07, 6.45) is 0. The van der Waals surface area contributed by atoms with E-state index in [9.17, 15) is 9.59 Å². The Hall–Kier alpha value is -2.73. The molecule has 1 heterocycles. The maximum atomic E-state index is 12.1. The van der Waals surface area contributed by atoms with Crippen molar-refractivity contribution in [2.45, 2.75) is 13.8 Å². The number of piperazine rings is 1. The van der Waals surface area contributed by atoms with Crippen LogP contribution in [0.2, 0.25) is 5.02 Å². The van der Waals surface area contributed by atoms with E-state index in [1.54, 1.807) is 25.1 Å². The maximum absolute atomic E-state index is 12.1. The van der Waals surface area contributed by atoms with Gasteiger partial charge in [0.1, 0.15) is 5.75 Å². The van der Waals surface area contributed by atoms with Crippen LogP contribution in [-0.2, 0) is 9.59 Å². The molecule has 0 radical (unpaired) electrons. The van der Waals surface area contributed by atoms with Crippen LogP contribution >= 0.6 is 11.6 Å². The molecule has 2 aromatic carbocycles. The summed E-state index contributed by atoms with van der Waals surface area (Å²) in [5.74, 6) is 0.501. The Labute approximate surface area is 170 Å². The fourth-order valence-electron chi connectivity index (χ4n) is 3.09. The molecule has 0 spiro atoms. The van der Waals surface area contributed by atoms with Crippen LogP contribution in [0.5, 0.6) is 5.75 Å². The van der Waals surface area contributed by atoms with E-state index in [0.29, 0.717) is 16.5 Å². The molecular formula is C21H24ClN3O3. The van der Waals surface area contributed by atoms with Crippen molar-refractivity contribution in [2.24, 2.45) is 0 Å². The van der Waals surface area contributed by atoms with Crippen molar-refractivity contribution in [3.8, 4) is 5.75 Å². The first-order valence-corrected chi connectivity index (χ1v) is 9.59. The van der Waals surface area contributed by atoms with Crippen molar-refractivity contribution >= 4 is 34.8 Å². The minimum absolute atomic E-state index is 0.0736. The lowest BCUT2D eigenvalue weighted by Gasteiger charge is -2.35. The van der Waals surface area contributed by atoms with Gasteiger partial charge in [0.05, 0.1) is 0 Å². The number of nitrogens with zero attached hydrogens (tertiary/aromatic N) is 2. The molecule has 0 aromatic heterocycles. The first kappa shape index (κ1) is 20.0. The monoisotopic (exact) mass is 401 g/mol. The van der Waals surface area contributed by atoms with Crippen molar-refractivity contribution < 1.29 is 14.3 Å². The van der Waals surface area contributed by atoms with Gasteiger partial charge in [-0.1, -0.05) is 11.6 Å². The molecule has 3 rings (SSSR count). The van der Waals surface area contributed by atoms with E-state index < -0.39 is 0 Å². The SMILES string of the molecule is CC(=O)N1CCN(c2ccc(NC(=O)COc3ccc(Cl)c(C)c3)cc2)CC1. The molecule has 1 aliphatic rings. The van der Waals surface area contributed by atoms with Gasteiger partial charge in [0.25, 0.3) is 5.91 Å². The Morgan fingerprint density at radius 2 is 1.75 bits per heavy atom. The van der Waals surface area contributed by atoms with Gasteiger partial charge < -0.3 is 19.9 Å². The van der Waals surface area contributed by atoms with Gasteiger partial charge in [-0.05, 0) is 55.0 Å². The number of nitrogens with one attached hydrogen (secondary N) is 1. The fraction of sp³-hybridized carbons (Fsp3) is 0.333. The summed E-state index contributed by atoms with van der Waals surface area (Å²) in [5, 5.41) is 3.50. The molecule has 28 heavy (non-hydrogen) atoms. The molecule has 2 aromatic rings. The van der Waals surface area contributed by atoms with Crippen LogP contribution in [-0.4, -0.2) is 49.5 Å². The Balaban J connectivity index is 1.49. The van der Waals surface area contributed by atoms with Crippen LogP contribution in [0.3, 0.4) is 0 Å². The van der Waals surface area contributed by atoms with E-state index in [0.717, 1.165) is 37.4 Å². The molecule has 0 saturated carbocycles. The summed E-state index contributed by atoms with van der Waals surface area (Å²) in [5.41, 5.74) is 2.69. The lowest BCUT2D eigenvalue weighted by molar-refractivity contribution is -0.129. The molecule has 0 atom stereocenters. The number of anilines is 2. The summed E-state index contributed by atoms with van der Waals surface area (Å²) in [4.78, 5) is 27.6. The standard InChI is InChI=1S/C21H24ClN3O3/c1-15-13-19(7-8-20(15)22)28-14-21(27)23-17-3-5-18(6-4-17)25-11-9-24(10-12-25)16(2)26/h3-8,13H,9-12,14H2,1-2H3,(H,23,27). The molecule has 1 fully saturated rings. The molecule has 0 unspecified atom stereocenters. The largest absolute Gasteiger partial charge is 0.484 e. The average molecular weight is 402 g/mol. The molecule has 0 aliphatic carbocycles. The summed E-state index contributed by atoms with van der Waals surface area (Å²) >= 11 is 5.98. The third kappa shape index (κ3) is 5.16. The highest BCUT2D eigenvalue weighted by molar-refractivity contribution is 6.31. The number of ether oxygens (including phenoxy) is 1. The molecule has 148 valence electrons. The second-order valence-electron chi connectivity index (χ2n) is 6.79. The number of aryl methyl sites for hydroxylation is 1. The van der Waals surface area contributed by atoms with Gasteiger partial charge in [0, 0.05) is 49.5 Å². The van der Waals surface area contributed by atoms with Gasteiger partial charge in [-0.3, -0.25) is 9.59 Å². The average Bonchev–Trinajstić information content (AvgIpc) is 2.69. The molecule has 1 saturated heterocycles. The minimum Gasteiger partial charge on any atom is -0.484 e. The van der Waals surface area contributed by atoms with Crippen molar-refractivity contribution in [3.05, 3.63) is 53.1 Å². The topological polar surface area (TPSA) is 61.9 Å². The van der Waals surface area contributed by atoms with E-state index in [2.05, 4.69) is 10.2 Å². The van der Waals surface area contributed by atoms with Crippen molar-refractivity contribution in [3.63, 3.8) is 0 Å². The number of carbonyl (C=O) groups is 2. The smallest absolute Gasteiger partial charge is 0.262 e. The normalized spacial score (nSPS) is 14.0. The third-order valence-corrected chi connectivity index (χ3v) is 5.16. The van der Waals surface area contributed by atoms with E-state index in [1.807, 2.05) is 36.1 Å². The maximum Gasteiger partial charge on any atom is 0.262 e. The first-order chi connectivity index (χ1) is 13.4. The predicted octanol–water partition coefficient (Wildman–Crippen LogP) is 3.33. The highest BCUT2D eigenvalue weighted by Crippen LogP contribution is 2.22. The van der Waals surface area contributed by atoms with Crippen LogP contribution < -0.4 is 15.0 Å². The van der Waals surface area contributed by atoms with Crippen LogP contribution in [0, 0.1) is 6.92 Å². The van der Waals surface area contributed by atoms with E-state index >= 15 is 0 Å². The van der Waals surface area contributed by atoms with Crippen LogP contribution in [0.15, 0.2) is 42.5 Å². The zero-order valence-corrected chi connectivity index (χ0v) is 16.8. The van der Waals surface area contributed by atoms with Gasteiger partial charge in [0.15, 0.2) is 6.61 Å². The Morgan fingerprint density at radius 3 is 2.36 bits per heavy atom. The number of benzene rings is 2. The summed E-state index contributed by atoms with van der Waals surface area (Å²) in [6, 6.07) is 13.0. The first-order valence-electron chi connectivity index (χ1n) is 9.22. The zero-order valence-electron chi connectivity index (χ0n) is 16.1. The number of rotatable bonds is 5. The van der Waals surface area contributed by atoms with Crippen LogP contribution in [0.25, 0.3) is 0 Å². The molecule has 0 bridgehead atoms. The summed E-state index contributed by atoms with van der Waals surface area (Å²) < 4.78 is 5.51. The van der Waals surface area contributed by atoms with Gasteiger partial charge in [-0.25, -0.2) is 0 Å². The highest BCUT2D eigenvalue weighted by Gasteiger charge is 2.18. The fourth-order valence-corrected chi connectivity index (χ4v) is 3.21. The molecule has 2 amide bonds. The van der Waals surface area contributed by atoms with Gasteiger partial charge in [-0.15, -0.1) is 0 Å². The number of hydrogen-bond donors (Lipinski definition) is 1. The number of amides is 2. The Morgan fingerprint density at radius 1 is 1.07 bits per heavy atom. The zero-order chi connectivity index (χ0) is 20.1. The second kappa shape index (κ2) is 8.97. The van der Waals surface area contributed by atoms with Crippen molar-refractivity contribution in [1.29, 1.82) is 0 Å². The minimum atomic E-state index is -0.226. The Kier molecular flexibility index (Phi) is 6.41. The lowest BCUT2D eigenvalue weighted by atomic mass is 10.2. The Bertz CT molecular complexity index is 846. The molecular weight excluding hydrogens is 378 g/mol. The molecule has 1 aliphatic heterocycles. The molecule has 7 heteroatoms. The number of carbonyl (C=O) groups excluding carboxylic acids is 2. The third-order valence-electron chi connectivity index (χ3n) is 4.74. The number of halogens is 1.